The molecule has 0 spiro atoms. The lowest BCUT2D eigenvalue weighted by Crippen LogP contribution is -2.89. The largest absolute Gasteiger partial charge is 0.437 e. The van der Waals surface area contributed by atoms with Crippen molar-refractivity contribution < 1.29 is 8.23 Å². The van der Waals surface area contributed by atoms with Crippen LogP contribution < -0.4 is 0 Å². The summed E-state index contributed by atoms with van der Waals surface area (Å²) < 4.78 is 16.1. The highest BCUT2D eigenvalue weighted by Gasteiger charge is 2.93. The molecule has 0 amide bonds. The van der Waals surface area contributed by atoms with E-state index in [0.717, 1.165) is 35.5 Å². The van der Waals surface area contributed by atoms with Crippen LogP contribution in [0.1, 0.15) is 120 Å². The van der Waals surface area contributed by atoms with Gasteiger partial charge in [-0.05, 0) is 138 Å². The summed E-state index contributed by atoms with van der Waals surface area (Å²) in [7, 11) is -6.86. The zero-order valence-electron chi connectivity index (χ0n) is 29.1. The number of hydrogen-bond acceptors (Lipinski definition) is 2. The molecule has 6 bridgehead atoms. The Morgan fingerprint density at radius 3 is 1.00 bits per heavy atom. The molecule has 2 nitrogen and oxygen atoms in total. The van der Waals surface area contributed by atoms with Gasteiger partial charge < -0.3 is 8.23 Å². The van der Waals surface area contributed by atoms with Gasteiger partial charge in [-0.2, -0.15) is 0 Å². The van der Waals surface area contributed by atoms with Crippen LogP contribution in [0.4, 0.5) is 0 Å². The molecule has 0 radical (unpaired) electrons. The second-order valence-corrected chi connectivity index (χ2v) is 32.3. The summed E-state index contributed by atoms with van der Waals surface area (Å²) >= 11 is 0. The van der Waals surface area contributed by atoms with Gasteiger partial charge in [-0.25, -0.2) is 0 Å². The zero-order valence-corrected chi connectivity index (χ0v) is 32.1. The van der Waals surface area contributed by atoms with Crippen molar-refractivity contribution in [2.24, 2.45) is 51.8 Å². The smallest absolute Gasteiger partial charge is 0.311 e. The van der Waals surface area contributed by atoms with Gasteiger partial charge in [0.15, 0.2) is 8.32 Å². The van der Waals surface area contributed by atoms with E-state index in [9.17, 15) is 0 Å². The highest BCUT2D eigenvalue weighted by Crippen LogP contribution is 2.97. The van der Waals surface area contributed by atoms with Crippen molar-refractivity contribution in [1.29, 1.82) is 0 Å². The van der Waals surface area contributed by atoms with Gasteiger partial charge in [0.2, 0.25) is 8.32 Å². The zero-order chi connectivity index (χ0) is 29.7. The third kappa shape index (κ3) is 3.10. The molecule has 0 N–H and O–H groups in total. The number of hydrogen-bond donors (Lipinski definition) is 0. The van der Waals surface area contributed by atoms with Gasteiger partial charge >= 0.3 is 8.56 Å². The van der Waals surface area contributed by atoms with Crippen LogP contribution in [0.25, 0.3) is 0 Å². The lowest BCUT2D eigenvalue weighted by atomic mass is 9.43. The van der Waals surface area contributed by atoms with Crippen molar-refractivity contribution in [2.75, 3.05) is 0 Å². The number of rotatable bonds is 7. The van der Waals surface area contributed by atoms with E-state index in [1.54, 1.807) is 0 Å². The van der Waals surface area contributed by atoms with Gasteiger partial charge in [-0.15, -0.1) is 0 Å². The topological polar surface area (TPSA) is 18.5 Å². The Labute approximate surface area is 252 Å². The first-order chi connectivity index (χ1) is 18.1. The molecule has 0 saturated heterocycles. The molecule has 9 unspecified atom stereocenters. The third-order valence-electron chi connectivity index (χ3n) is 16.4. The van der Waals surface area contributed by atoms with Crippen LogP contribution in [0, 0.1) is 51.8 Å². The monoisotopic (exact) mass is 602 g/mol. The predicted octanol–water partition coefficient (Wildman–Crippen LogP) is 11.2. The molecule has 0 aromatic rings. The summed E-state index contributed by atoms with van der Waals surface area (Å²) in [6, 6.07) is 0. The summed E-state index contributed by atoms with van der Waals surface area (Å²) in [4.78, 5) is 0. The van der Waals surface area contributed by atoms with Crippen LogP contribution >= 0.6 is 0 Å². The minimum Gasteiger partial charge on any atom is -0.437 e. The molecule has 9 aliphatic rings. The fourth-order valence-electron chi connectivity index (χ4n) is 14.8. The van der Waals surface area contributed by atoms with E-state index < -0.39 is 25.2 Å². The Balaban J connectivity index is 1.73. The average Bonchev–Trinajstić information content (AvgIpc) is 2.80. The standard InChI is InChI=1S/C35H66O2Si3/c1-24-15-18-27-21-33(24,30(27,4)5)40(37-39(13,14)36-38(10,11)12,34-22-28(31(34,6)7)19-16-25(34)2)35-23-29(32(35,8)9)20-17-26(35)3/h24-29H,15-23H2,1-14H3. The summed E-state index contributed by atoms with van der Waals surface area (Å²) in [6.07, 6.45) is 12.9. The highest BCUT2D eigenvalue weighted by molar-refractivity contribution is 6.93. The molecule has 9 rings (SSSR count). The number of fused-ring (bicyclic) bond motifs is 6. The maximum absolute atomic E-state index is 8.75. The lowest BCUT2D eigenvalue weighted by Gasteiger charge is -2.90. The molecule has 9 fully saturated rings. The Hall–Kier alpha value is 0.571. The van der Waals surface area contributed by atoms with Gasteiger partial charge in [0.25, 0.3) is 0 Å². The Kier molecular flexibility index (Phi) is 6.45. The van der Waals surface area contributed by atoms with Gasteiger partial charge in [-0.3, -0.25) is 0 Å². The van der Waals surface area contributed by atoms with Crippen LogP contribution in [0.3, 0.4) is 0 Å². The molecule has 9 atom stereocenters. The summed E-state index contributed by atoms with van der Waals surface area (Å²) in [5.74, 6) is 4.91. The van der Waals surface area contributed by atoms with E-state index in [2.05, 4.69) is 95.0 Å². The van der Waals surface area contributed by atoms with Gasteiger partial charge in [-0.1, -0.05) is 81.6 Å². The van der Waals surface area contributed by atoms with E-state index in [1.807, 2.05) is 0 Å². The van der Waals surface area contributed by atoms with Gasteiger partial charge in [0.1, 0.15) is 0 Å². The Morgan fingerprint density at radius 2 is 0.775 bits per heavy atom. The van der Waals surface area contributed by atoms with E-state index in [4.69, 9.17) is 8.23 Å². The summed E-state index contributed by atoms with van der Waals surface area (Å²) in [5, 5.41) is 1.03. The van der Waals surface area contributed by atoms with Crippen LogP contribution in [0.15, 0.2) is 0 Å². The molecule has 230 valence electrons. The first-order valence-electron chi connectivity index (χ1n) is 17.5. The molecular formula is C35H66O2Si3. The van der Waals surface area contributed by atoms with Crippen molar-refractivity contribution in [3.05, 3.63) is 0 Å². The van der Waals surface area contributed by atoms with E-state index in [-0.39, 0.29) is 0 Å². The van der Waals surface area contributed by atoms with Crippen molar-refractivity contribution in [3.8, 4) is 0 Å². The SMILES string of the molecule is CC1CCC2CC1([Si](O[Si](C)(C)O[Si](C)(C)C)(C13CC(CCC1C)C3(C)C)C13CC(CCC1C)C3(C)C)C2(C)C. The van der Waals surface area contributed by atoms with Crippen LogP contribution in [0.2, 0.25) is 47.8 Å². The van der Waals surface area contributed by atoms with Crippen LogP contribution in [0.5, 0.6) is 0 Å². The quantitative estimate of drug-likeness (QED) is 0.270. The fraction of sp³-hybridized carbons (Fsp3) is 1.00. The molecule has 0 aliphatic heterocycles. The molecule has 40 heavy (non-hydrogen) atoms. The van der Waals surface area contributed by atoms with E-state index in [0.29, 0.717) is 31.4 Å². The minimum atomic E-state index is -2.64. The van der Waals surface area contributed by atoms with Crippen molar-refractivity contribution >= 4 is 25.2 Å². The molecule has 5 heteroatoms. The molecule has 0 aromatic heterocycles. The van der Waals surface area contributed by atoms with Crippen LogP contribution in [-0.4, -0.2) is 25.2 Å². The normalized spacial score (nSPS) is 49.6. The van der Waals surface area contributed by atoms with Crippen molar-refractivity contribution in [3.63, 3.8) is 0 Å². The summed E-state index contributed by atoms with van der Waals surface area (Å²) in [6.45, 7) is 36.9. The van der Waals surface area contributed by atoms with E-state index >= 15 is 0 Å². The molecular weight excluding hydrogens is 537 g/mol. The molecule has 0 heterocycles. The maximum Gasteiger partial charge on any atom is 0.311 e. The average molecular weight is 603 g/mol. The summed E-state index contributed by atoms with van der Waals surface area (Å²) in [5.41, 5.74) is 1.09. The third-order valence-corrected chi connectivity index (χ3v) is 31.8. The van der Waals surface area contributed by atoms with Gasteiger partial charge in [0, 0.05) is 0 Å². The second-order valence-electron chi connectivity index (χ2n) is 19.6. The molecule has 0 aromatic carbocycles. The Morgan fingerprint density at radius 1 is 0.475 bits per heavy atom. The fourth-order valence-corrected chi connectivity index (χ4v) is 36.3. The lowest BCUT2D eigenvalue weighted by molar-refractivity contribution is -0.174. The van der Waals surface area contributed by atoms with E-state index in [1.165, 1.54) is 57.8 Å². The van der Waals surface area contributed by atoms with Crippen LogP contribution in [-0.2, 0) is 8.23 Å². The molecule has 9 aliphatic carbocycles. The first kappa shape index (κ1) is 30.6. The highest BCUT2D eigenvalue weighted by atomic mass is 28.5. The molecule has 9 saturated carbocycles. The first-order valence-corrected chi connectivity index (χ1v) is 25.6. The second kappa shape index (κ2) is 8.43. The Bertz CT molecular complexity index is 950. The minimum absolute atomic E-state index is 0.345. The van der Waals surface area contributed by atoms with Crippen molar-refractivity contribution in [1.82, 2.24) is 0 Å². The maximum atomic E-state index is 8.75. The predicted molar refractivity (Wildman–Crippen MR) is 178 cm³/mol. The van der Waals surface area contributed by atoms with Gasteiger partial charge in [0.05, 0.1) is 0 Å². The van der Waals surface area contributed by atoms with Crippen molar-refractivity contribution in [2.45, 2.75) is 168 Å².